The van der Waals surface area contributed by atoms with Crippen LogP contribution in [0.25, 0.3) is 0 Å². The minimum Gasteiger partial charge on any atom is -0.469 e. The maximum Gasteiger partial charge on any atom is 0.307 e. The van der Waals surface area contributed by atoms with Crippen molar-refractivity contribution in [3.8, 4) is 0 Å². The van der Waals surface area contributed by atoms with Gasteiger partial charge in [-0.05, 0) is 12.3 Å². The van der Waals surface area contributed by atoms with Gasteiger partial charge in [0.2, 0.25) is 0 Å². The number of ether oxygens (including phenoxy) is 1. The fraction of sp³-hybridized carbons (Fsp3) is 0.889. The minimum atomic E-state index is -0.278. The molecule has 1 saturated carbocycles. The third-order valence-corrected chi connectivity index (χ3v) is 2.42. The highest BCUT2D eigenvalue weighted by atomic mass is 16.5. The lowest BCUT2D eigenvalue weighted by Gasteiger charge is -2.14. The SMILES string of the molecule is COC(=O)C[C@@H](CO)NC1CC1C. The molecule has 1 aliphatic carbocycles. The molecule has 0 aliphatic heterocycles. The maximum absolute atomic E-state index is 10.9. The van der Waals surface area contributed by atoms with Gasteiger partial charge in [-0.15, -0.1) is 0 Å². The molecular weight excluding hydrogens is 170 g/mol. The van der Waals surface area contributed by atoms with E-state index in [1.165, 1.54) is 7.11 Å². The van der Waals surface area contributed by atoms with Crippen LogP contribution in [-0.2, 0) is 9.53 Å². The average molecular weight is 187 g/mol. The van der Waals surface area contributed by atoms with E-state index >= 15 is 0 Å². The number of esters is 1. The molecule has 1 fully saturated rings. The summed E-state index contributed by atoms with van der Waals surface area (Å²) in [5.74, 6) is 0.395. The third-order valence-electron chi connectivity index (χ3n) is 2.42. The van der Waals surface area contributed by atoms with Gasteiger partial charge in [0.05, 0.1) is 20.1 Å². The largest absolute Gasteiger partial charge is 0.469 e. The summed E-state index contributed by atoms with van der Waals surface area (Å²) in [7, 11) is 1.36. The number of carbonyl (C=O) groups is 1. The number of hydrogen-bond acceptors (Lipinski definition) is 4. The molecule has 76 valence electrons. The fourth-order valence-electron chi connectivity index (χ4n) is 1.32. The zero-order valence-corrected chi connectivity index (χ0v) is 8.12. The first-order valence-electron chi connectivity index (χ1n) is 4.61. The molecule has 2 N–H and O–H groups in total. The number of carbonyl (C=O) groups excluding carboxylic acids is 1. The molecule has 1 aliphatic rings. The van der Waals surface area contributed by atoms with Crippen molar-refractivity contribution < 1.29 is 14.6 Å². The monoisotopic (exact) mass is 187 g/mol. The van der Waals surface area contributed by atoms with Crippen LogP contribution in [0.2, 0.25) is 0 Å². The normalized spacial score (nSPS) is 28.2. The third kappa shape index (κ3) is 3.32. The molecule has 3 atom stereocenters. The summed E-state index contributed by atoms with van der Waals surface area (Å²) in [6, 6.07) is 0.323. The van der Waals surface area contributed by atoms with Crippen LogP contribution in [0.3, 0.4) is 0 Å². The van der Waals surface area contributed by atoms with Gasteiger partial charge in [-0.25, -0.2) is 0 Å². The molecule has 0 aromatic carbocycles. The molecule has 0 aromatic heterocycles. The first kappa shape index (κ1) is 10.5. The zero-order valence-electron chi connectivity index (χ0n) is 8.12. The van der Waals surface area contributed by atoms with Crippen LogP contribution in [-0.4, -0.2) is 36.9 Å². The Bertz CT molecular complexity index is 184. The number of aliphatic hydroxyl groups excluding tert-OH is 1. The second-order valence-electron chi connectivity index (χ2n) is 3.65. The summed E-state index contributed by atoms with van der Waals surface area (Å²) in [5.41, 5.74) is 0. The summed E-state index contributed by atoms with van der Waals surface area (Å²) < 4.78 is 4.52. The van der Waals surface area contributed by atoms with Gasteiger partial charge in [-0.3, -0.25) is 4.79 Å². The average Bonchev–Trinajstić information content (AvgIpc) is 2.80. The predicted molar refractivity (Wildman–Crippen MR) is 48.2 cm³/mol. The van der Waals surface area contributed by atoms with Gasteiger partial charge in [0.1, 0.15) is 0 Å². The van der Waals surface area contributed by atoms with Gasteiger partial charge in [0.25, 0.3) is 0 Å². The lowest BCUT2D eigenvalue weighted by Crippen LogP contribution is -2.37. The number of hydrogen-bond donors (Lipinski definition) is 2. The quantitative estimate of drug-likeness (QED) is 0.590. The lowest BCUT2D eigenvalue weighted by molar-refractivity contribution is -0.141. The Morgan fingerprint density at radius 3 is 2.77 bits per heavy atom. The Morgan fingerprint density at radius 1 is 1.77 bits per heavy atom. The predicted octanol–water partition coefficient (Wildman–Crippen LogP) is -0.0916. The first-order valence-corrected chi connectivity index (χ1v) is 4.61. The van der Waals surface area contributed by atoms with Gasteiger partial charge >= 0.3 is 5.97 Å². The van der Waals surface area contributed by atoms with Crippen molar-refractivity contribution >= 4 is 5.97 Å². The van der Waals surface area contributed by atoms with E-state index in [1.807, 2.05) is 0 Å². The molecule has 1 rings (SSSR count). The van der Waals surface area contributed by atoms with Crippen molar-refractivity contribution in [2.24, 2.45) is 5.92 Å². The molecule has 4 nitrogen and oxygen atoms in total. The van der Waals surface area contributed by atoms with Crippen LogP contribution in [0.4, 0.5) is 0 Å². The smallest absolute Gasteiger partial charge is 0.307 e. The van der Waals surface area contributed by atoms with Gasteiger partial charge in [0, 0.05) is 12.1 Å². The summed E-state index contributed by atoms with van der Waals surface area (Å²) >= 11 is 0. The Kier molecular flexibility index (Phi) is 3.69. The second-order valence-corrected chi connectivity index (χ2v) is 3.65. The van der Waals surface area contributed by atoms with Crippen molar-refractivity contribution in [2.75, 3.05) is 13.7 Å². The highest BCUT2D eigenvalue weighted by Crippen LogP contribution is 2.29. The Labute approximate surface area is 78.3 Å². The zero-order chi connectivity index (χ0) is 9.84. The number of aliphatic hydroxyl groups is 1. The molecule has 13 heavy (non-hydrogen) atoms. The van der Waals surface area contributed by atoms with E-state index in [4.69, 9.17) is 5.11 Å². The van der Waals surface area contributed by atoms with Gasteiger partial charge in [-0.2, -0.15) is 0 Å². The molecule has 0 amide bonds. The number of rotatable bonds is 5. The van der Waals surface area contributed by atoms with Crippen molar-refractivity contribution in [1.82, 2.24) is 5.32 Å². The lowest BCUT2D eigenvalue weighted by atomic mass is 10.2. The van der Waals surface area contributed by atoms with E-state index in [9.17, 15) is 4.79 Å². The van der Waals surface area contributed by atoms with E-state index in [0.717, 1.165) is 6.42 Å². The van der Waals surface area contributed by atoms with Gasteiger partial charge in [0.15, 0.2) is 0 Å². The van der Waals surface area contributed by atoms with Crippen molar-refractivity contribution in [2.45, 2.75) is 31.8 Å². The van der Waals surface area contributed by atoms with Crippen LogP contribution in [0.15, 0.2) is 0 Å². The summed E-state index contributed by atoms with van der Waals surface area (Å²) in [4.78, 5) is 10.9. The van der Waals surface area contributed by atoms with Crippen molar-refractivity contribution in [3.05, 3.63) is 0 Å². The van der Waals surface area contributed by atoms with Gasteiger partial charge in [-0.1, -0.05) is 6.92 Å². The molecular formula is C9H17NO3. The summed E-state index contributed by atoms with van der Waals surface area (Å²) in [6.45, 7) is 2.13. The minimum absolute atomic E-state index is 0.0156. The van der Waals surface area contributed by atoms with E-state index in [-0.39, 0.29) is 25.0 Å². The molecule has 0 radical (unpaired) electrons. The van der Waals surface area contributed by atoms with Crippen LogP contribution < -0.4 is 5.32 Å². The molecule has 2 unspecified atom stereocenters. The molecule has 0 aromatic rings. The molecule has 0 heterocycles. The highest BCUT2D eigenvalue weighted by Gasteiger charge is 2.34. The number of methoxy groups -OCH3 is 1. The highest BCUT2D eigenvalue weighted by molar-refractivity contribution is 5.69. The Morgan fingerprint density at radius 2 is 2.38 bits per heavy atom. The van der Waals surface area contributed by atoms with E-state index in [0.29, 0.717) is 12.0 Å². The Hall–Kier alpha value is -0.610. The molecule has 4 heteroatoms. The Balaban J connectivity index is 2.22. The first-order chi connectivity index (χ1) is 6.17. The van der Waals surface area contributed by atoms with Crippen LogP contribution in [0.5, 0.6) is 0 Å². The topological polar surface area (TPSA) is 58.6 Å². The van der Waals surface area contributed by atoms with Crippen LogP contribution in [0.1, 0.15) is 19.8 Å². The van der Waals surface area contributed by atoms with Crippen molar-refractivity contribution in [3.63, 3.8) is 0 Å². The van der Waals surface area contributed by atoms with E-state index < -0.39 is 0 Å². The molecule has 0 bridgehead atoms. The maximum atomic E-state index is 10.9. The number of nitrogens with one attached hydrogen (secondary N) is 1. The summed E-state index contributed by atoms with van der Waals surface area (Å²) in [6.07, 6.45) is 1.38. The van der Waals surface area contributed by atoms with Crippen molar-refractivity contribution in [1.29, 1.82) is 0 Å². The standard InChI is InChI=1S/C9H17NO3/c1-6-3-8(6)10-7(5-11)4-9(12)13-2/h6-8,10-11H,3-5H2,1-2H3/t6?,7-,8?/m0/s1. The summed E-state index contributed by atoms with van der Waals surface area (Å²) in [5, 5.41) is 12.2. The second kappa shape index (κ2) is 4.58. The van der Waals surface area contributed by atoms with Crippen LogP contribution >= 0.6 is 0 Å². The fourth-order valence-corrected chi connectivity index (χ4v) is 1.32. The molecule has 0 saturated heterocycles. The van der Waals surface area contributed by atoms with Gasteiger partial charge < -0.3 is 15.2 Å². The van der Waals surface area contributed by atoms with E-state index in [2.05, 4.69) is 17.0 Å². The van der Waals surface area contributed by atoms with Crippen LogP contribution in [0, 0.1) is 5.92 Å². The molecule has 0 spiro atoms. The van der Waals surface area contributed by atoms with E-state index in [1.54, 1.807) is 0 Å².